The molecule has 98 valence electrons. The zero-order chi connectivity index (χ0) is 13.5. The van der Waals surface area contributed by atoms with Gasteiger partial charge in [-0.25, -0.2) is 0 Å². The highest BCUT2D eigenvalue weighted by Gasteiger charge is 2.19. The Morgan fingerprint density at radius 1 is 1.33 bits per heavy atom. The Morgan fingerprint density at radius 3 is 2.56 bits per heavy atom. The molecule has 0 aromatic heterocycles. The number of hydrogen-bond acceptors (Lipinski definition) is 4. The first-order valence-corrected chi connectivity index (χ1v) is 6.04. The Morgan fingerprint density at radius 2 is 2.06 bits per heavy atom. The van der Waals surface area contributed by atoms with Crippen molar-refractivity contribution in [2.24, 2.45) is 0 Å². The minimum atomic E-state index is -0.398. The van der Waals surface area contributed by atoms with Crippen LogP contribution in [0.2, 0.25) is 0 Å². The van der Waals surface area contributed by atoms with Crippen LogP contribution in [0.15, 0.2) is 18.2 Å². The third-order valence-electron chi connectivity index (χ3n) is 2.94. The van der Waals surface area contributed by atoms with Crippen LogP contribution in [0.1, 0.15) is 31.9 Å². The molecule has 0 saturated heterocycles. The molecule has 0 bridgehead atoms. The molecule has 1 aromatic carbocycles. The molecule has 1 aromatic rings. The number of para-hydroxylation sites is 1. The van der Waals surface area contributed by atoms with E-state index in [1.165, 1.54) is 0 Å². The van der Waals surface area contributed by atoms with Crippen molar-refractivity contribution in [3.05, 3.63) is 23.8 Å². The van der Waals surface area contributed by atoms with E-state index in [4.69, 9.17) is 9.47 Å². The van der Waals surface area contributed by atoms with Crippen molar-refractivity contribution >= 4 is 0 Å². The zero-order valence-corrected chi connectivity index (χ0v) is 11.4. The molecular formula is C14H20N2O2. The molecule has 0 aliphatic carbocycles. The van der Waals surface area contributed by atoms with Gasteiger partial charge in [0.1, 0.15) is 6.04 Å². The van der Waals surface area contributed by atoms with Gasteiger partial charge in [-0.05, 0) is 19.4 Å². The summed E-state index contributed by atoms with van der Waals surface area (Å²) in [6.45, 7) is 4.13. The van der Waals surface area contributed by atoms with Crippen molar-refractivity contribution in [1.29, 1.82) is 5.26 Å². The lowest BCUT2D eigenvalue weighted by Gasteiger charge is -2.20. The van der Waals surface area contributed by atoms with Gasteiger partial charge in [0.05, 0.1) is 20.3 Å². The van der Waals surface area contributed by atoms with Crippen molar-refractivity contribution < 1.29 is 9.47 Å². The Bertz CT molecular complexity index is 426. The molecule has 0 radical (unpaired) electrons. The molecule has 0 fully saturated rings. The van der Waals surface area contributed by atoms with E-state index in [1.54, 1.807) is 14.2 Å². The normalized spacial score (nSPS) is 13.5. The standard InChI is InChI=1S/C14H20N2O2/c1-5-10(2)16-12(9-15)11-7-6-8-13(17-3)14(11)18-4/h6-8,10,12,16H,5H2,1-4H3. The summed E-state index contributed by atoms with van der Waals surface area (Å²) < 4.78 is 10.6. The highest BCUT2D eigenvalue weighted by atomic mass is 16.5. The van der Waals surface area contributed by atoms with Gasteiger partial charge in [-0.3, -0.25) is 5.32 Å². The molecule has 0 saturated carbocycles. The number of nitrogens with one attached hydrogen (secondary N) is 1. The molecule has 0 aliphatic rings. The first kappa shape index (κ1) is 14.3. The van der Waals surface area contributed by atoms with Crippen molar-refractivity contribution in [1.82, 2.24) is 5.32 Å². The molecule has 1 rings (SSSR count). The van der Waals surface area contributed by atoms with Crippen LogP contribution >= 0.6 is 0 Å². The molecule has 18 heavy (non-hydrogen) atoms. The summed E-state index contributed by atoms with van der Waals surface area (Å²) in [6.07, 6.45) is 0.963. The number of rotatable bonds is 6. The lowest BCUT2D eigenvalue weighted by Crippen LogP contribution is -2.29. The SMILES string of the molecule is CCC(C)NC(C#N)c1cccc(OC)c1OC. The summed E-state index contributed by atoms with van der Waals surface area (Å²) in [7, 11) is 3.17. The number of ether oxygens (including phenoxy) is 2. The quantitative estimate of drug-likeness (QED) is 0.841. The van der Waals surface area contributed by atoms with Gasteiger partial charge in [-0.1, -0.05) is 19.1 Å². The van der Waals surface area contributed by atoms with E-state index in [0.717, 1.165) is 12.0 Å². The fourth-order valence-electron chi connectivity index (χ4n) is 1.74. The summed E-state index contributed by atoms with van der Waals surface area (Å²) in [4.78, 5) is 0. The van der Waals surface area contributed by atoms with Gasteiger partial charge in [0.15, 0.2) is 11.5 Å². The second-order valence-electron chi connectivity index (χ2n) is 4.12. The average Bonchev–Trinajstić information content (AvgIpc) is 2.43. The van der Waals surface area contributed by atoms with Crippen LogP contribution in [0.3, 0.4) is 0 Å². The maximum atomic E-state index is 9.30. The largest absolute Gasteiger partial charge is 0.493 e. The van der Waals surface area contributed by atoms with Gasteiger partial charge >= 0.3 is 0 Å². The van der Waals surface area contributed by atoms with E-state index in [-0.39, 0.29) is 6.04 Å². The van der Waals surface area contributed by atoms with Crippen LogP contribution in [0.5, 0.6) is 11.5 Å². The molecule has 0 heterocycles. The maximum absolute atomic E-state index is 9.30. The van der Waals surface area contributed by atoms with Gasteiger partial charge in [0.2, 0.25) is 0 Å². The Hall–Kier alpha value is -1.73. The second kappa shape index (κ2) is 6.87. The molecule has 0 spiro atoms. The van der Waals surface area contributed by atoms with E-state index < -0.39 is 6.04 Å². The van der Waals surface area contributed by atoms with Crippen molar-refractivity contribution in [2.45, 2.75) is 32.4 Å². The lowest BCUT2D eigenvalue weighted by molar-refractivity contribution is 0.348. The van der Waals surface area contributed by atoms with Gasteiger partial charge in [0.25, 0.3) is 0 Å². The van der Waals surface area contributed by atoms with Gasteiger partial charge in [-0.2, -0.15) is 5.26 Å². The zero-order valence-electron chi connectivity index (χ0n) is 11.4. The fraction of sp³-hybridized carbons (Fsp3) is 0.500. The summed E-state index contributed by atoms with van der Waals surface area (Å²) in [6, 6.07) is 7.69. The smallest absolute Gasteiger partial charge is 0.166 e. The number of hydrogen-bond donors (Lipinski definition) is 1. The Labute approximate surface area is 109 Å². The summed E-state index contributed by atoms with van der Waals surface area (Å²) in [5, 5.41) is 12.6. The van der Waals surface area contributed by atoms with Crippen LogP contribution in [0, 0.1) is 11.3 Å². The minimum Gasteiger partial charge on any atom is -0.493 e. The molecular weight excluding hydrogens is 228 g/mol. The molecule has 0 aliphatic heterocycles. The van der Waals surface area contributed by atoms with Crippen LogP contribution in [-0.4, -0.2) is 20.3 Å². The summed E-state index contributed by atoms with van der Waals surface area (Å²) >= 11 is 0. The molecule has 0 amide bonds. The predicted octanol–water partition coefficient (Wildman–Crippen LogP) is 2.66. The molecule has 4 nitrogen and oxygen atoms in total. The first-order valence-electron chi connectivity index (χ1n) is 6.04. The number of methoxy groups -OCH3 is 2. The summed E-state index contributed by atoms with van der Waals surface area (Å²) in [5.41, 5.74) is 0.805. The van der Waals surface area contributed by atoms with E-state index in [9.17, 15) is 5.26 Å². The van der Waals surface area contributed by atoms with E-state index in [2.05, 4.69) is 25.2 Å². The summed E-state index contributed by atoms with van der Waals surface area (Å²) in [5.74, 6) is 1.25. The lowest BCUT2D eigenvalue weighted by atomic mass is 10.0. The van der Waals surface area contributed by atoms with Gasteiger partial charge in [0, 0.05) is 11.6 Å². The third kappa shape index (κ3) is 3.14. The third-order valence-corrected chi connectivity index (χ3v) is 2.94. The van der Waals surface area contributed by atoms with Gasteiger partial charge < -0.3 is 9.47 Å². The van der Waals surface area contributed by atoms with Crippen LogP contribution in [0.4, 0.5) is 0 Å². The number of benzene rings is 1. The Kier molecular flexibility index (Phi) is 5.47. The molecule has 2 unspecified atom stereocenters. The monoisotopic (exact) mass is 248 g/mol. The van der Waals surface area contributed by atoms with E-state index in [1.807, 2.05) is 18.2 Å². The molecule has 1 N–H and O–H groups in total. The predicted molar refractivity (Wildman–Crippen MR) is 70.8 cm³/mol. The first-order chi connectivity index (χ1) is 8.67. The number of nitriles is 1. The van der Waals surface area contributed by atoms with E-state index in [0.29, 0.717) is 11.5 Å². The van der Waals surface area contributed by atoms with Crippen LogP contribution < -0.4 is 14.8 Å². The highest BCUT2D eigenvalue weighted by Crippen LogP contribution is 2.34. The van der Waals surface area contributed by atoms with Crippen LogP contribution in [0.25, 0.3) is 0 Å². The van der Waals surface area contributed by atoms with Crippen molar-refractivity contribution in [2.75, 3.05) is 14.2 Å². The van der Waals surface area contributed by atoms with Gasteiger partial charge in [-0.15, -0.1) is 0 Å². The molecule has 2 atom stereocenters. The van der Waals surface area contributed by atoms with Crippen molar-refractivity contribution in [3.8, 4) is 17.6 Å². The second-order valence-corrected chi connectivity index (χ2v) is 4.12. The maximum Gasteiger partial charge on any atom is 0.166 e. The van der Waals surface area contributed by atoms with E-state index >= 15 is 0 Å². The topological polar surface area (TPSA) is 54.3 Å². The molecule has 4 heteroatoms. The number of nitrogens with zero attached hydrogens (tertiary/aromatic N) is 1. The highest BCUT2D eigenvalue weighted by molar-refractivity contribution is 5.49. The fourth-order valence-corrected chi connectivity index (χ4v) is 1.74. The Balaban J connectivity index is 3.09. The average molecular weight is 248 g/mol. The van der Waals surface area contributed by atoms with Crippen LogP contribution in [-0.2, 0) is 0 Å². The van der Waals surface area contributed by atoms with Crippen molar-refractivity contribution in [3.63, 3.8) is 0 Å². The minimum absolute atomic E-state index is 0.269.